The maximum Gasteiger partial charge on any atom is 0.323 e. The lowest BCUT2D eigenvalue weighted by Gasteiger charge is -1.80. The highest BCUT2D eigenvalue weighted by Crippen LogP contribution is 1.89. The number of imidazole rings is 1. The van der Waals surface area contributed by atoms with Crippen LogP contribution in [0.2, 0.25) is 0 Å². The van der Waals surface area contributed by atoms with E-state index in [0.717, 1.165) is 6.08 Å². The third-order valence-electron chi connectivity index (χ3n) is 0.848. The van der Waals surface area contributed by atoms with E-state index >= 15 is 0 Å². The Morgan fingerprint density at radius 2 is 2.60 bits per heavy atom. The highest BCUT2D eigenvalue weighted by molar-refractivity contribution is 5.93. The van der Waals surface area contributed by atoms with Crippen LogP contribution in [0.1, 0.15) is 10.6 Å². The number of isocyanates is 1. The first kappa shape index (κ1) is 6.38. The first-order valence-electron chi connectivity index (χ1n) is 2.46. The molecule has 1 amide bonds. The van der Waals surface area contributed by atoms with Crippen molar-refractivity contribution in [2.24, 2.45) is 4.99 Å². The Bertz CT molecular complexity index is 271. The lowest BCUT2D eigenvalue weighted by molar-refractivity contribution is 0.0994. The van der Waals surface area contributed by atoms with Gasteiger partial charge in [0.05, 0.1) is 0 Å². The number of carbonyl (C=O) groups is 1. The van der Waals surface area contributed by atoms with Crippen LogP contribution in [0.3, 0.4) is 0 Å². The van der Waals surface area contributed by atoms with Gasteiger partial charge in [-0.15, -0.1) is 4.99 Å². The zero-order valence-electron chi connectivity index (χ0n) is 4.87. The summed E-state index contributed by atoms with van der Waals surface area (Å²) in [6.07, 6.45) is 3.98. The number of amides is 1. The maximum absolute atomic E-state index is 10.6. The SMILES string of the molecule is O=C=NC(=O)c1ncc[nH]1. The van der Waals surface area contributed by atoms with Crippen LogP contribution >= 0.6 is 0 Å². The summed E-state index contributed by atoms with van der Waals surface area (Å²) in [6.45, 7) is 0. The molecule has 0 radical (unpaired) electrons. The second kappa shape index (κ2) is 2.70. The van der Waals surface area contributed by atoms with Crippen molar-refractivity contribution >= 4 is 12.0 Å². The summed E-state index contributed by atoms with van der Waals surface area (Å²) >= 11 is 0. The molecule has 0 aliphatic rings. The number of nitrogens with one attached hydrogen (secondary N) is 1. The average molecular weight is 137 g/mol. The first-order chi connectivity index (χ1) is 4.84. The Kier molecular flexibility index (Phi) is 1.72. The fourth-order valence-electron chi connectivity index (χ4n) is 0.477. The number of hydrogen-bond donors (Lipinski definition) is 1. The van der Waals surface area contributed by atoms with Crippen LogP contribution in [0, 0.1) is 0 Å². The van der Waals surface area contributed by atoms with Gasteiger partial charge >= 0.3 is 5.91 Å². The summed E-state index contributed by atoms with van der Waals surface area (Å²) in [7, 11) is 0. The van der Waals surface area contributed by atoms with Gasteiger partial charge in [-0.3, -0.25) is 4.79 Å². The van der Waals surface area contributed by atoms with Crippen molar-refractivity contribution in [2.75, 3.05) is 0 Å². The molecule has 1 rings (SSSR count). The van der Waals surface area contributed by atoms with E-state index in [1.165, 1.54) is 12.4 Å². The fourth-order valence-corrected chi connectivity index (χ4v) is 0.477. The first-order valence-corrected chi connectivity index (χ1v) is 2.46. The van der Waals surface area contributed by atoms with Crippen LogP contribution in [0.15, 0.2) is 17.4 Å². The largest absolute Gasteiger partial charge is 0.340 e. The lowest BCUT2D eigenvalue weighted by Crippen LogP contribution is -1.95. The highest BCUT2D eigenvalue weighted by Gasteiger charge is 2.03. The smallest absolute Gasteiger partial charge is 0.323 e. The minimum atomic E-state index is -0.708. The van der Waals surface area contributed by atoms with Gasteiger partial charge in [-0.25, -0.2) is 9.78 Å². The zero-order valence-corrected chi connectivity index (χ0v) is 4.87. The Morgan fingerprint density at radius 1 is 1.80 bits per heavy atom. The third-order valence-corrected chi connectivity index (χ3v) is 0.848. The predicted octanol–water partition coefficient (Wildman–Crippen LogP) is -0.114. The van der Waals surface area contributed by atoms with E-state index in [4.69, 9.17) is 0 Å². The molecule has 1 aromatic rings. The third kappa shape index (κ3) is 1.15. The van der Waals surface area contributed by atoms with Crippen molar-refractivity contribution in [3.05, 3.63) is 18.2 Å². The van der Waals surface area contributed by atoms with E-state index in [1.54, 1.807) is 0 Å². The molecule has 5 heteroatoms. The van der Waals surface area contributed by atoms with Gasteiger partial charge in [-0.2, -0.15) is 0 Å². The average Bonchev–Trinajstić information content (AvgIpc) is 2.38. The molecular weight excluding hydrogens is 134 g/mol. The molecule has 0 aliphatic carbocycles. The predicted molar refractivity (Wildman–Crippen MR) is 31.0 cm³/mol. The molecular formula is C5H3N3O2. The molecule has 0 bridgehead atoms. The number of aliphatic imine (C=N–C) groups is 1. The highest BCUT2D eigenvalue weighted by atomic mass is 16.2. The standard InChI is InChI=1S/C5H3N3O2/c9-3-8-5(10)4-6-1-2-7-4/h1-2H,(H,6,7). The maximum atomic E-state index is 10.6. The molecule has 0 aromatic carbocycles. The van der Waals surface area contributed by atoms with Crippen LogP contribution in [-0.2, 0) is 4.79 Å². The van der Waals surface area contributed by atoms with Crippen LogP contribution in [-0.4, -0.2) is 22.0 Å². The van der Waals surface area contributed by atoms with Gasteiger partial charge in [0, 0.05) is 12.4 Å². The van der Waals surface area contributed by atoms with Crippen molar-refractivity contribution in [1.29, 1.82) is 0 Å². The molecule has 0 saturated carbocycles. The molecule has 1 heterocycles. The number of hydrogen-bond acceptors (Lipinski definition) is 3. The van der Waals surface area contributed by atoms with Gasteiger partial charge in [0.25, 0.3) is 0 Å². The van der Waals surface area contributed by atoms with Gasteiger partial charge in [0.2, 0.25) is 6.08 Å². The zero-order chi connectivity index (χ0) is 7.40. The van der Waals surface area contributed by atoms with Crippen molar-refractivity contribution in [3.8, 4) is 0 Å². The van der Waals surface area contributed by atoms with Crippen LogP contribution < -0.4 is 0 Å². The number of nitrogens with zero attached hydrogens (tertiary/aromatic N) is 2. The minimum absolute atomic E-state index is 0.0448. The van der Waals surface area contributed by atoms with Crippen molar-refractivity contribution in [1.82, 2.24) is 9.97 Å². The summed E-state index contributed by atoms with van der Waals surface area (Å²) in [5.74, 6) is -0.664. The number of aromatic amines is 1. The van der Waals surface area contributed by atoms with E-state index in [9.17, 15) is 9.59 Å². The summed E-state index contributed by atoms with van der Waals surface area (Å²) in [5, 5.41) is 0. The molecule has 0 aliphatic heterocycles. The molecule has 0 saturated heterocycles. The van der Waals surface area contributed by atoms with Crippen LogP contribution in [0.25, 0.3) is 0 Å². The normalized spacial score (nSPS) is 8.40. The molecule has 0 unspecified atom stereocenters. The van der Waals surface area contributed by atoms with Crippen molar-refractivity contribution in [2.45, 2.75) is 0 Å². The van der Waals surface area contributed by atoms with E-state index in [-0.39, 0.29) is 5.82 Å². The van der Waals surface area contributed by atoms with Gasteiger partial charge in [-0.05, 0) is 0 Å². The number of H-pyrrole nitrogens is 1. The number of aromatic nitrogens is 2. The van der Waals surface area contributed by atoms with Crippen molar-refractivity contribution < 1.29 is 9.59 Å². The summed E-state index contributed by atoms with van der Waals surface area (Å²) in [6, 6.07) is 0. The van der Waals surface area contributed by atoms with Crippen molar-refractivity contribution in [3.63, 3.8) is 0 Å². The van der Waals surface area contributed by atoms with E-state index in [1.807, 2.05) is 0 Å². The summed E-state index contributed by atoms with van der Waals surface area (Å²) in [4.78, 5) is 29.0. The topological polar surface area (TPSA) is 75.2 Å². The quantitative estimate of drug-likeness (QED) is 0.433. The molecule has 10 heavy (non-hydrogen) atoms. The molecule has 0 atom stereocenters. The lowest BCUT2D eigenvalue weighted by atomic mass is 10.6. The summed E-state index contributed by atoms with van der Waals surface area (Å²) < 4.78 is 0. The Labute approximate surface area is 55.8 Å². The van der Waals surface area contributed by atoms with E-state index in [0.29, 0.717) is 0 Å². The summed E-state index contributed by atoms with van der Waals surface area (Å²) in [5.41, 5.74) is 0. The molecule has 0 spiro atoms. The van der Waals surface area contributed by atoms with Gasteiger partial charge < -0.3 is 4.98 Å². The van der Waals surface area contributed by atoms with E-state index in [2.05, 4.69) is 15.0 Å². The van der Waals surface area contributed by atoms with Gasteiger partial charge in [0.1, 0.15) is 0 Å². The van der Waals surface area contributed by atoms with Crippen LogP contribution in [0.5, 0.6) is 0 Å². The fraction of sp³-hybridized carbons (Fsp3) is 0. The molecule has 50 valence electrons. The van der Waals surface area contributed by atoms with Gasteiger partial charge in [-0.1, -0.05) is 0 Å². The molecule has 0 fully saturated rings. The molecule has 1 aromatic heterocycles. The Morgan fingerprint density at radius 3 is 3.10 bits per heavy atom. The number of carbonyl (C=O) groups excluding carboxylic acids is 2. The Balaban J connectivity index is 2.87. The van der Waals surface area contributed by atoms with E-state index < -0.39 is 5.91 Å². The molecule has 5 nitrogen and oxygen atoms in total. The second-order valence-corrected chi connectivity index (χ2v) is 1.45. The van der Waals surface area contributed by atoms with Crippen LogP contribution in [0.4, 0.5) is 0 Å². The second-order valence-electron chi connectivity index (χ2n) is 1.45. The number of rotatable bonds is 1. The monoisotopic (exact) mass is 137 g/mol. The minimum Gasteiger partial charge on any atom is -0.340 e. The molecule has 1 N–H and O–H groups in total. The Hall–Kier alpha value is -1.74. The van der Waals surface area contributed by atoms with Gasteiger partial charge in [0.15, 0.2) is 5.82 Å².